The number of piperidine rings is 1. The second kappa shape index (κ2) is 6.32. The molecule has 1 aromatic carbocycles. The van der Waals surface area contributed by atoms with Crippen molar-refractivity contribution in [2.45, 2.75) is 44.6 Å². The molecule has 0 aliphatic carbocycles. The van der Waals surface area contributed by atoms with Crippen LogP contribution in [0.4, 0.5) is 17.6 Å². The van der Waals surface area contributed by atoms with Crippen molar-refractivity contribution in [3.63, 3.8) is 0 Å². The van der Waals surface area contributed by atoms with E-state index in [0.717, 1.165) is 31.5 Å². The van der Waals surface area contributed by atoms with E-state index in [2.05, 4.69) is 24.2 Å². The zero-order valence-electron chi connectivity index (χ0n) is 12.2. The molecule has 1 saturated heterocycles. The van der Waals surface area contributed by atoms with E-state index in [1.165, 1.54) is 0 Å². The molecule has 1 aliphatic rings. The van der Waals surface area contributed by atoms with E-state index in [-0.39, 0.29) is 12.6 Å². The van der Waals surface area contributed by atoms with Gasteiger partial charge in [-0.3, -0.25) is 0 Å². The van der Waals surface area contributed by atoms with Crippen molar-refractivity contribution >= 4 is 0 Å². The Bertz CT molecular complexity index is 487. The predicted molar refractivity (Wildman–Crippen MR) is 73.4 cm³/mol. The highest BCUT2D eigenvalue weighted by atomic mass is 19.4. The van der Waals surface area contributed by atoms with Gasteiger partial charge >= 0.3 is 6.18 Å². The summed E-state index contributed by atoms with van der Waals surface area (Å²) in [5.41, 5.74) is -0.607. The van der Waals surface area contributed by atoms with E-state index in [1.807, 2.05) is 0 Å². The standard InChI is InChI=1S/C15H20F4N2/c1-10-5-14(3-4-21(10)2)20-9-11-6-12(15(17,18)19)8-13(16)7-11/h6-8,10,14,20H,3-5,9H2,1-2H3. The SMILES string of the molecule is CC1CC(NCc2cc(F)cc(C(F)(F)F)c2)CCN1C. The zero-order chi connectivity index (χ0) is 15.6. The summed E-state index contributed by atoms with van der Waals surface area (Å²) >= 11 is 0. The van der Waals surface area contributed by atoms with Crippen LogP contribution in [0.5, 0.6) is 0 Å². The molecule has 0 aromatic heterocycles. The topological polar surface area (TPSA) is 15.3 Å². The second-order valence-corrected chi connectivity index (χ2v) is 5.78. The van der Waals surface area contributed by atoms with Crippen LogP contribution in [0, 0.1) is 5.82 Å². The molecular formula is C15H20F4N2. The molecule has 0 spiro atoms. The lowest BCUT2D eigenvalue weighted by molar-refractivity contribution is -0.137. The Morgan fingerprint density at radius 3 is 2.62 bits per heavy atom. The first kappa shape index (κ1) is 16.2. The average molecular weight is 304 g/mol. The number of alkyl halides is 3. The molecule has 1 N–H and O–H groups in total. The van der Waals surface area contributed by atoms with Gasteiger partial charge in [-0.2, -0.15) is 13.2 Å². The van der Waals surface area contributed by atoms with Crippen LogP contribution in [0.2, 0.25) is 0 Å². The summed E-state index contributed by atoms with van der Waals surface area (Å²) < 4.78 is 51.2. The van der Waals surface area contributed by atoms with Gasteiger partial charge in [0.2, 0.25) is 0 Å². The molecule has 21 heavy (non-hydrogen) atoms. The molecule has 2 atom stereocenters. The largest absolute Gasteiger partial charge is 0.416 e. The molecule has 1 aromatic rings. The molecule has 0 bridgehead atoms. The first-order valence-corrected chi connectivity index (χ1v) is 7.06. The minimum atomic E-state index is -4.51. The summed E-state index contributed by atoms with van der Waals surface area (Å²) in [6, 6.07) is 3.39. The number of hydrogen-bond acceptors (Lipinski definition) is 2. The Morgan fingerprint density at radius 1 is 1.29 bits per heavy atom. The zero-order valence-corrected chi connectivity index (χ0v) is 12.2. The van der Waals surface area contributed by atoms with Crippen molar-refractivity contribution in [3.05, 3.63) is 35.1 Å². The van der Waals surface area contributed by atoms with Crippen LogP contribution in [-0.2, 0) is 12.7 Å². The number of halogens is 4. The van der Waals surface area contributed by atoms with E-state index < -0.39 is 17.6 Å². The Kier molecular flexibility index (Phi) is 4.88. The lowest BCUT2D eigenvalue weighted by Crippen LogP contribution is -2.45. The van der Waals surface area contributed by atoms with Crippen molar-refractivity contribution in [1.29, 1.82) is 0 Å². The number of likely N-dealkylation sites (tertiary alicyclic amines) is 1. The van der Waals surface area contributed by atoms with Crippen LogP contribution >= 0.6 is 0 Å². The van der Waals surface area contributed by atoms with Crippen molar-refractivity contribution < 1.29 is 17.6 Å². The lowest BCUT2D eigenvalue weighted by atomic mass is 9.98. The summed E-state index contributed by atoms with van der Waals surface area (Å²) in [5, 5.41) is 3.23. The normalized spacial score (nSPS) is 24.3. The monoisotopic (exact) mass is 304 g/mol. The van der Waals surface area contributed by atoms with Gasteiger partial charge in [0.15, 0.2) is 0 Å². The predicted octanol–water partition coefficient (Wildman–Crippen LogP) is 3.42. The Morgan fingerprint density at radius 2 is 2.00 bits per heavy atom. The number of rotatable bonds is 3. The molecule has 0 amide bonds. The summed E-state index contributed by atoms with van der Waals surface area (Å²) in [6.45, 7) is 3.33. The molecule has 0 radical (unpaired) electrons. The average Bonchev–Trinajstić information content (AvgIpc) is 2.38. The minimum absolute atomic E-state index is 0.252. The third kappa shape index (κ3) is 4.41. The van der Waals surface area contributed by atoms with Crippen molar-refractivity contribution in [2.24, 2.45) is 0 Å². The molecule has 0 saturated carbocycles. The van der Waals surface area contributed by atoms with E-state index in [4.69, 9.17) is 0 Å². The Balaban J connectivity index is 1.99. The third-order valence-electron chi connectivity index (χ3n) is 4.09. The fourth-order valence-corrected chi connectivity index (χ4v) is 2.65. The first-order valence-electron chi connectivity index (χ1n) is 7.06. The van der Waals surface area contributed by atoms with Crippen LogP contribution in [0.25, 0.3) is 0 Å². The van der Waals surface area contributed by atoms with Crippen LogP contribution in [-0.4, -0.2) is 30.6 Å². The smallest absolute Gasteiger partial charge is 0.310 e. The lowest BCUT2D eigenvalue weighted by Gasteiger charge is -2.35. The van der Waals surface area contributed by atoms with E-state index in [1.54, 1.807) is 0 Å². The van der Waals surface area contributed by atoms with Crippen molar-refractivity contribution in [2.75, 3.05) is 13.6 Å². The quantitative estimate of drug-likeness (QED) is 0.861. The molecule has 1 aliphatic heterocycles. The van der Waals surface area contributed by atoms with Gasteiger partial charge in [-0.1, -0.05) is 0 Å². The molecule has 2 unspecified atom stereocenters. The van der Waals surface area contributed by atoms with Crippen LogP contribution in [0.3, 0.4) is 0 Å². The van der Waals surface area contributed by atoms with Gasteiger partial charge in [-0.25, -0.2) is 4.39 Å². The number of hydrogen-bond donors (Lipinski definition) is 1. The Hall–Kier alpha value is -1.14. The highest BCUT2D eigenvalue weighted by Gasteiger charge is 2.31. The molecular weight excluding hydrogens is 284 g/mol. The van der Waals surface area contributed by atoms with Gasteiger partial charge in [-0.05, 0) is 57.1 Å². The maximum absolute atomic E-state index is 13.3. The molecule has 1 heterocycles. The summed E-state index contributed by atoms with van der Waals surface area (Å²) in [5.74, 6) is -0.849. The molecule has 2 nitrogen and oxygen atoms in total. The van der Waals surface area contributed by atoms with E-state index in [9.17, 15) is 17.6 Å². The van der Waals surface area contributed by atoms with Gasteiger partial charge in [0.25, 0.3) is 0 Å². The van der Waals surface area contributed by atoms with E-state index >= 15 is 0 Å². The van der Waals surface area contributed by atoms with Gasteiger partial charge in [0.05, 0.1) is 5.56 Å². The molecule has 6 heteroatoms. The molecule has 118 valence electrons. The fraction of sp³-hybridized carbons (Fsp3) is 0.600. The summed E-state index contributed by atoms with van der Waals surface area (Å²) in [4.78, 5) is 2.25. The molecule has 1 fully saturated rings. The maximum atomic E-state index is 13.3. The summed E-state index contributed by atoms with van der Waals surface area (Å²) in [6.07, 6.45) is -2.63. The number of nitrogens with zero attached hydrogens (tertiary/aromatic N) is 1. The summed E-state index contributed by atoms with van der Waals surface area (Å²) in [7, 11) is 2.06. The van der Waals surface area contributed by atoms with Gasteiger partial charge in [0.1, 0.15) is 5.82 Å². The second-order valence-electron chi connectivity index (χ2n) is 5.78. The number of benzene rings is 1. The van der Waals surface area contributed by atoms with Crippen LogP contribution < -0.4 is 5.32 Å². The van der Waals surface area contributed by atoms with E-state index in [0.29, 0.717) is 17.7 Å². The number of nitrogens with one attached hydrogen (secondary N) is 1. The fourth-order valence-electron chi connectivity index (χ4n) is 2.65. The van der Waals surface area contributed by atoms with Crippen LogP contribution in [0.15, 0.2) is 18.2 Å². The van der Waals surface area contributed by atoms with Gasteiger partial charge in [-0.15, -0.1) is 0 Å². The first-order chi connectivity index (χ1) is 9.75. The van der Waals surface area contributed by atoms with Gasteiger partial charge in [0, 0.05) is 18.6 Å². The van der Waals surface area contributed by atoms with Crippen molar-refractivity contribution in [3.8, 4) is 0 Å². The highest BCUT2D eigenvalue weighted by molar-refractivity contribution is 5.26. The van der Waals surface area contributed by atoms with Crippen LogP contribution in [0.1, 0.15) is 30.9 Å². The molecule has 2 rings (SSSR count). The van der Waals surface area contributed by atoms with Gasteiger partial charge < -0.3 is 10.2 Å². The minimum Gasteiger partial charge on any atom is -0.310 e. The van der Waals surface area contributed by atoms with Crippen molar-refractivity contribution in [1.82, 2.24) is 10.2 Å². The third-order valence-corrected chi connectivity index (χ3v) is 4.09. The maximum Gasteiger partial charge on any atom is 0.416 e. The Labute approximate surface area is 122 Å². The highest BCUT2D eigenvalue weighted by Crippen LogP contribution is 2.30.